The molecule has 0 fully saturated rings. The maximum Gasteiger partial charge on any atom is 0.272 e. The highest BCUT2D eigenvalue weighted by atomic mass is 32.2. The van der Waals surface area contributed by atoms with Crippen LogP contribution in [-0.4, -0.2) is 18.9 Å². The van der Waals surface area contributed by atoms with Crippen LogP contribution in [0.25, 0.3) is 5.57 Å². The van der Waals surface area contributed by atoms with E-state index in [2.05, 4.69) is 0 Å². The molecule has 8 heteroatoms. The molecule has 0 N–H and O–H groups in total. The highest BCUT2D eigenvalue weighted by Gasteiger charge is 2.41. The second-order valence-corrected chi connectivity index (χ2v) is 7.30. The van der Waals surface area contributed by atoms with Gasteiger partial charge < -0.3 is 9.15 Å². The van der Waals surface area contributed by atoms with Crippen molar-refractivity contribution in [2.24, 2.45) is 0 Å². The van der Waals surface area contributed by atoms with Gasteiger partial charge in [0.05, 0.1) is 35.3 Å². The number of thioether (sulfide) groups is 1. The first-order chi connectivity index (χ1) is 14.5. The molecule has 0 bridgehead atoms. The predicted octanol–water partition coefficient (Wildman–Crippen LogP) is 4.78. The summed E-state index contributed by atoms with van der Waals surface area (Å²) in [6.45, 7) is 0. The zero-order valence-electron chi connectivity index (χ0n) is 15.7. The molecule has 0 saturated carbocycles. The maximum absolute atomic E-state index is 13.8. The number of amides is 2. The molecule has 2 heterocycles. The van der Waals surface area contributed by atoms with Gasteiger partial charge in [-0.15, -0.1) is 11.8 Å². The Kier molecular flexibility index (Phi) is 5.41. The SMILES string of the molecule is COc1ccccc1C1=C(SCc2ccco2)C(=O)N(c2ccc(F)c(F)c2)C1=O. The number of nitrogens with zero attached hydrogens (tertiary/aromatic N) is 1. The summed E-state index contributed by atoms with van der Waals surface area (Å²) in [4.78, 5) is 27.5. The quantitative estimate of drug-likeness (QED) is 0.530. The van der Waals surface area contributed by atoms with Crippen molar-refractivity contribution in [2.45, 2.75) is 5.75 Å². The number of para-hydroxylation sites is 1. The Morgan fingerprint density at radius 1 is 1.00 bits per heavy atom. The van der Waals surface area contributed by atoms with Gasteiger partial charge in [0.25, 0.3) is 11.8 Å². The number of imide groups is 1. The number of carbonyl (C=O) groups is 2. The Morgan fingerprint density at radius 3 is 2.50 bits per heavy atom. The summed E-state index contributed by atoms with van der Waals surface area (Å²) in [5.74, 6) is -2.13. The molecule has 30 heavy (non-hydrogen) atoms. The highest BCUT2D eigenvalue weighted by molar-refractivity contribution is 8.03. The number of rotatable bonds is 6. The summed E-state index contributed by atoms with van der Waals surface area (Å²) in [5, 5.41) is 0. The largest absolute Gasteiger partial charge is 0.496 e. The van der Waals surface area contributed by atoms with Crippen molar-refractivity contribution in [1.29, 1.82) is 0 Å². The van der Waals surface area contributed by atoms with E-state index < -0.39 is 23.4 Å². The average molecular weight is 427 g/mol. The Hall–Kier alpha value is -3.39. The van der Waals surface area contributed by atoms with Crippen LogP contribution in [0.15, 0.2) is 70.2 Å². The van der Waals surface area contributed by atoms with E-state index in [4.69, 9.17) is 9.15 Å². The minimum absolute atomic E-state index is 0.0510. The summed E-state index contributed by atoms with van der Waals surface area (Å²) in [6, 6.07) is 13.2. The fourth-order valence-corrected chi connectivity index (χ4v) is 4.14. The van der Waals surface area contributed by atoms with Crippen molar-refractivity contribution in [3.8, 4) is 5.75 Å². The average Bonchev–Trinajstić information content (AvgIpc) is 3.35. The van der Waals surface area contributed by atoms with Crippen molar-refractivity contribution in [3.05, 3.63) is 88.7 Å². The lowest BCUT2D eigenvalue weighted by Gasteiger charge is -2.15. The molecule has 0 aliphatic carbocycles. The lowest BCUT2D eigenvalue weighted by Crippen LogP contribution is -2.31. The fraction of sp³-hybridized carbons (Fsp3) is 0.0909. The molecule has 0 spiro atoms. The number of benzene rings is 2. The number of hydrogen-bond donors (Lipinski definition) is 0. The fourth-order valence-electron chi connectivity index (χ4n) is 3.13. The van der Waals surface area contributed by atoms with Crippen LogP contribution in [-0.2, 0) is 15.3 Å². The lowest BCUT2D eigenvalue weighted by molar-refractivity contribution is -0.119. The first kappa shape index (κ1) is 19.9. The van der Waals surface area contributed by atoms with Crippen molar-refractivity contribution >= 4 is 34.8 Å². The minimum Gasteiger partial charge on any atom is -0.496 e. The summed E-state index contributed by atoms with van der Waals surface area (Å²) in [6.07, 6.45) is 1.51. The highest BCUT2D eigenvalue weighted by Crippen LogP contribution is 2.42. The first-order valence-corrected chi connectivity index (χ1v) is 9.86. The molecule has 5 nitrogen and oxygen atoms in total. The van der Waals surface area contributed by atoms with Crippen molar-refractivity contribution in [2.75, 3.05) is 12.0 Å². The van der Waals surface area contributed by atoms with E-state index in [0.29, 0.717) is 22.8 Å². The number of ether oxygens (including phenoxy) is 1. The van der Waals surface area contributed by atoms with Crippen LogP contribution in [0.3, 0.4) is 0 Å². The van der Waals surface area contributed by atoms with E-state index in [-0.39, 0.29) is 16.2 Å². The third-order valence-corrected chi connectivity index (χ3v) is 5.61. The molecule has 2 aromatic carbocycles. The third kappa shape index (κ3) is 3.50. The van der Waals surface area contributed by atoms with E-state index in [1.54, 1.807) is 36.4 Å². The van der Waals surface area contributed by atoms with E-state index in [1.165, 1.54) is 19.4 Å². The summed E-state index contributed by atoms with van der Waals surface area (Å²) in [7, 11) is 1.46. The monoisotopic (exact) mass is 427 g/mol. The van der Waals surface area contributed by atoms with Crippen molar-refractivity contribution in [3.63, 3.8) is 0 Å². The summed E-state index contributed by atoms with van der Waals surface area (Å²) >= 11 is 1.13. The molecule has 4 rings (SSSR count). The van der Waals surface area contributed by atoms with Crippen molar-refractivity contribution in [1.82, 2.24) is 0 Å². The zero-order valence-corrected chi connectivity index (χ0v) is 16.5. The predicted molar refractivity (Wildman–Crippen MR) is 109 cm³/mol. The van der Waals surface area contributed by atoms with Gasteiger partial charge in [-0.25, -0.2) is 13.7 Å². The number of halogens is 2. The van der Waals surface area contributed by atoms with Gasteiger partial charge in [-0.05, 0) is 30.3 Å². The van der Waals surface area contributed by atoms with Crippen LogP contribution in [0, 0.1) is 11.6 Å². The lowest BCUT2D eigenvalue weighted by atomic mass is 10.0. The van der Waals surface area contributed by atoms with E-state index in [0.717, 1.165) is 28.8 Å². The van der Waals surface area contributed by atoms with Crippen LogP contribution in [0.2, 0.25) is 0 Å². The Labute approximate surface area is 174 Å². The molecule has 0 unspecified atom stereocenters. The minimum atomic E-state index is -1.15. The van der Waals surface area contributed by atoms with E-state index >= 15 is 0 Å². The van der Waals surface area contributed by atoms with Gasteiger partial charge in [0.15, 0.2) is 11.6 Å². The van der Waals surface area contributed by atoms with Crippen molar-refractivity contribution < 1.29 is 27.5 Å². The van der Waals surface area contributed by atoms with Crippen LogP contribution >= 0.6 is 11.8 Å². The normalized spacial score (nSPS) is 14.0. The molecule has 0 atom stereocenters. The maximum atomic E-state index is 13.8. The molecular formula is C22H15F2NO4S. The smallest absolute Gasteiger partial charge is 0.272 e. The number of furan rings is 1. The van der Waals surface area contributed by atoms with Gasteiger partial charge in [-0.1, -0.05) is 18.2 Å². The first-order valence-electron chi connectivity index (χ1n) is 8.88. The summed E-state index contributed by atoms with van der Waals surface area (Å²) in [5.41, 5.74) is 0.522. The molecule has 2 amide bonds. The molecule has 152 valence electrons. The molecule has 1 aromatic heterocycles. The second-order valence-electron chi connectivity index (χ2n) is 6.32. The standard InChI is InChI=1S/C22H15F2NO4S/c1-28-18-7-3-2-6-15(18)19-20(30-12-14-5-4-10-29-14)22(27)25(21(19)26)13-8-9-16(23)17(24)11-13/h2-11H,12H2,1H3. The molecule has 0 saturated heterocycles. The number of methoxy groups -OCH3 is 1. The molecule has 0 radical (unpaired) electrons. The van der Waals surface area contributed by atoms with Gasteiger partial charge in [-0.2, -0.15) is 0 Å². The number of hydrogen-bond acceptors (Lipinski definition) is 5. The second kappa shape index (κ2) is 8.16. The van der Waals surface area contributed by atoms with Gasteiger partial charge in [0.2, 0.25) is 0 Å². The Bertz CT molecular complexity index is 1160. The summed E-state index contributed by atoms with van der Waals surface area (Å²) < 4.78 is 37.8. The topological polar surface area (TPSA) is 59.8 Å². The van der Waals surface area contributed by atoms with Gasteiger partial charge in [0.1, 0.15) is 11.5 Å². The molecule has 3 aromatic rings. The Morgan fingerprint density at radius 2 is 1.80 bits per heavy atom. The van der Waals surface area contributed by atoms with E-state index in [1.807, 2.05) is 0 Å². The van der Waals surface area contributed by atoms with Crippen LogP contribution < -0.4 is 9.64 Å². The van der Waals surface area contributed by atoms with Crippen LogP contribution in [0.4, 0.5) is 14.5 Å². The van der Waals surface area contributed by atoms with Gasteiger partial charge in [0, 0.05) is 11.6 Å². The third-order valence-electron chi connectivity index (χ3n) is 4.52. The van der Waals surface area contributed by atoms with E-state index in [9.17, 15) is 18.4 Å². The molecule has 1 aliphatic heterocycles. The van der Waals surface area contributed by atoms with Crippen LogP contribution in [0.1, 0.15) is 11.3 Å². The number of carbonyl (C=O) groups excluding carboxylic acids is 2. The van der Waals surface area contributed by atoms with Crippen LogP contribution in [0.5, 0.6) is 5.75 Å². The zero-order chi connectivity index (χ0) is 21.3. The molecule has 1 aliphatic rings. The Balaban J connectivity index is 1.80. The molecular weight excluding hydrogens is 412 g/mol. The van der Waals surface area contributed by atoms with Gasteiger partial charge in [-0.3, -0.25) is 9.59 Å². The van der Waals surface area contributed by atoms with Gasteiger partial charge >= 0.3 is 0 Å². The number of anilines is 1.